The second kappa shape index (κ2) is 7.04. The van der Waals surface area contributed by atoms with Crippen LogP contribution in [-0.2, 0) is 17.6 Å². The summed E-state index contributed by atoms with van der Waals surface area (Å²) < 4.78 is 0. The largest absolute Gasteiger partial charge is 0.481 e. The van der Waals surface area contributed by atoms with Gasteiger partial charge in [0.1, 0.15) is 0 Å². The van der Waals surface area contributed by atoms with Gasteiger partial charge in [-0.3, -0.25) is 4.79 Å². The third kappa shape index (κ3) is 4.96. The number of rotatable bonds is 7. The second-order valence-electron chi connectivity index (χ2n) is 4.17. The summed E-state index contributed by atoms with van der Waals surface area (Å²) in [7, 11) is 0. The van der Waals surface area contributed by atoms with E-state index in [-0.39, 0.29) is 6.42 Å². The van der Waals surface area contributed by atoms with Gasteiger partial charge in [0.2, 0.25) is 0 Å². The number of carboxylic acids is 1. The number of benzene rings is 1. The molecule has 1 rings (SSSR count). The maximum atomic E-state index is 10.3. The number of carbonyl (C=O) groups is 1. The highest BCUT2D eigenvalue weighted by atomic mass is 16.4. The first-order valence-corrected chi connectivity index (χ1v) is 6.02. The smallest absolute Gasteiger partial charge is 0.303 e. The second-order valence-corrected chi connectivity index (χ2v) is 4.17. The molecule has 0 amide bonds. The standard InChI is InChI=1S/C14H20O2/c1-2-5-12-8-10-13(11-9-12)6-3-4-7-14(15)16/h8-11H,2-7H2,1H3,(H,15,16). The van der Waals surface area contributed by atoms with Crippen molar-refractivity contribution in [2.45, 2.75) is 45.4 Å². The zero-order valence-corrected chi connectivity index (χ0v) is 9.91. The maximum Gasteiger partial charge on any atom is 0.303 e. The molecule has 2 heteroatoms. The van der Waals surface area contributed by atoms with Gasteiger partial charge in [0.05, 0.1) is 0 Å². The van der Waals surface area contributed by atoms with Crippen molar-refractivity contribution in [2.75, 3.05) is 0 Å². The molecule has 0 unspecified atom stereocenters. The summed E-state index contributed by atoms with van der Waals surface area (Å²) in [6, 6.07) is 8.67. The van der Waals surface area contributed by atoms with E-state index in [0.717, 1.165) is 25.7 Å². The predicted octanol–water partition coefficient (Wildman–Crippen LogP) is 3.44. The van der Waals surface area contributed by atoms with Crippen LogP contribution in [0.4, 0.5) is 0 Å². The Hall–Kier alpha value is -1.31. The normalized spacial score (nSPS) is 10.3. The summed E-state index contributed by atoms with van der Waals surface area (Å²) in [6.45, 7) is 2.18. The fourth-order valence-electron chi connectivity index (χ4n) is 1.77. The van der Waals surface area contributed by atoms with Gasteiger partial charge >= 0.3 is 5.97 Å². The highest BCUT2D eigenvalue weighted by Gasteiger charge is 1.98. The van der Waals surface area contributed by atoms with Gasteiger partial charge in [0.25, 0.3) is 0 Å². The van der Waals surface area contributed by atoms with Crippen molar-refractivity contribution in [3.63, 3.8) is 0 Å². The molecule has 0 heterocycles. The summed E-state index contributed by atoms with van der Waals surface area (Å²) in [6.07, 6.45) is 5.32. The van der Waals surface area contributed by atoms with E-state index in [4.69, 9.17) is 5.11 Å². The highest BCUT2D eigenvalue weighted by Crippen LogP contribution is 2.10. The number of aryl methyl sites for hydroxylation is 2. The number of hydrogen-bond donors (Lipinski definition) is 1. The number of carboxylic acid groups (broad SMARTS) is 1. The summed E-state index contributed by atoms with van der Waals surface area (Å²) in [4.78, 5) is 10.3. The van der Waals surface area contributed by atoms with Crippen LogP contribution < -0.4 is 0 Å². The zero-order valence-electron chi connectivity index (χ0n) is 9.91. The Labute approximate surface area is 97.3 Å². The molecular weight excluding hydrogens is 200 g/mol. The fourth-order valence-corrected chi connectivity index (χ4v) is 1.77. The monoisotopic (exact) mass is 220 g/mol. The molecular formula is C14H20O2. The Bertz CT molecular complexity index is 314. The predicted molar refractivity (Wildman–Crippen MR) is 65.6 cm³/mol. The van der Waals surface area contributed by atoms with Gasteiger partial charge in [-0.15, -0.1) is 0 Å². The highest BCUT2D eigenvalue weighted by molar-refractivity contribution is 5.66. The van der Waals surface area contributed by atoms with E-state index >= 15 is 0 Å². The summed E-state index contributed by atoms with van der Waals surface area (Å²) in [5, 5.41) is 8.51. The molecule has 0 saturated heterocycles. The molecule has 0 aliphatic rings. The molecule has 0 aromatic heterocycles. The van der Waals surface area contributed by atoms with Crippen molar-refractivity contribution >= 4 is 5.97 Å². The fraction of sp³-hybridized carbons (Fsp3) is 0.500. The lowest BCUT2D eigenvalue weighted by atomic mass is 10.0. The third-order valence-corrected chi connectivity index (χ3v) is 2.67. The molecule has 0 aliphatic heterocycles. The van der Waals surface area contributed by atoms with Gasteiger partial charge in [0.15, 0.2) is 0 Å². The molecule has 2 nitrogen and oxygen atoms in total. The van der Waals surface area contributed by atoms with Crippen molar-refractivity contribution in [1.82, 2.24) is 0 Å². The molecule has 1 N–H and O–H groups in total. The lowest BCUT2D eigenvalue weighted by molar-refractivity contribution is -0.137. The van der Waals surface area contributed by atoms with Crippen molar-refractivity contribution in [3.8, 4) is 0 Å². The Morgan fingerprint density at radius 2 is 1.62 bits per heavy atom. The van der Waals surface area contributed by atoms with Crippen LogP contribution >= 0.6 is 0 Å². The van der Waals surface area contributed by atoms with Crippen molar-refractivity contribution < 1.29 is 9.90 Å². The van der Waals surface area contributed by atoms with E-state index in [9.17, 15) is 4.79 Å². The van der Waals surface area contributed by atoms with E-state index in [1.807, 2.05) is 0 Å². The van der Waals surface area contributed by atoms with Gasteiger partial charge in [-0.25, -0.2) is 0 Å². The van der Waals surface area contributed by atoms with E-state index in [2.05, 4.69) is 31.2 Å². The molecule has 0 radical (unpaired) electrons. The van der Waals surface area contributed by atoms with Gasteiger partial charge in [0, 0.05) is 6.42 Å². The Balaban J connectivity index is 2.29. The molecule has 1 aromatic rings. The summed E-state index contributed by atoms with van der Waals surface area (Å²) >= 11 is 0. The van der Waals surface area contributed by atoms with Gasteiger partial charge in [-0.05, 0) is 36.8 Å². The van der Waals surface area contributed by atoms with Crippen LogP contribution in [0, 0.1) is 0 Å². The van der Waals surface area contributed by atoms with Crippen LogP contribution in [-0.4, -0.2) is 11.1 Å². The molecule has 1 aromatic carbocycles. The van der Waals surface area contributed by atoms with Gasteiger partial charge in [-0.2, -0.15) is 0 Å². The average molecular weight is 220 g/mol. The van der Waals surface area contributed by atoms with Crippen molar-refractivity contribution in [3.05, 3.63) is 35.4 Å². The molecule has 0 atom stereocenters. The third-order valence-electron chi connectivity index (χ3n) is 2.67. The first-order chi connectivity index (χ1) is 7.72. The Kier molecular flexibility index (Phi) is 5.62. The molecule has 0 saturated carbocycles. The SMILES string of the molecule is CCCc1ccc(CCCCC(=O)O)cc1. The number of aliphatic carboxylic acids is 1. The number of unbranched alkanes of at least 4 members (excludes halogenated alkanes) is 1. The molecule has 16 heavy (non-hydrogen) atoms. The molecule has 0 aliphatic carbocycles. The van der Waals surface area contributed by atoms with Crippen LogP contribution in [0.15, 0.2) is 24.3 Å². The van der Waals surface area contributed by atoms with Crippen LogP contribution in [0.2, 0.25) is 0 Å². The molecule has 0 spiro atoms. The van der Waals surface area contributed by atoms with E-state index in [1.54, 1.807) is 0 Å². The van der Waals surface area contributed by atoms with Gasteiger partial charge < -0.3 is 5.11 Å². The van der Waals surface area contributed by atoms with E-state index < -0.39 is 5.97 Å². The Morgan fingerprint density at radius 3 is 2.12 bits per heavy atom. The minimum Gasteiger partial charge on any atom is -0.481 e. The lowest BCUT2D eigenvalue weighted by Crippen LogP contribution is -1.95. The topological polar surface area (TPSA) is 37.3 Å². The van der Waals surface area contributed by atoms with Crippen LogP contribution in [0.3, 0.4) is 0 Å². The van der Waals surface area contributed by atoms with Crippen LogP contribution in [0.1, 0.15) is 43.7 Å². The average Bonchev–Trinajstić information content (AvgIpc) is 2.27. The molecule has 88 valence electrons. The van der Waals surface area contributed by atoms with Crippen molar-refractivity contribution in [1.29, 1.82) is 0 Å². The van der Waals surface area contributed by atoms with E-state index in [1.165, 1.54) is 17.5 Å². The Morgan fingerprint density at radius 1 is 1.06 bits per heavy atom. The minimum atomic E-state index is -0.696. The first-order valence-electron chi connectivity index (χ1n) is 6.02. The van der Waals surface area contributed by atoms with E-state index in [0.29, 0.717) is 0 Å². The maximum absolute atomic E-state index is 10.3. The van der Waals surface area contributed by atoms with Crippen LogP contribution in [0.5, 0.6) is 0 Å². The number of hydrogen-bond acceptors (Lipinski definition) is 1. The van der Waals surface area contributed by atoms with Crippen molar-refractivity contribution in [2.24, 2.45) is 0 Å². The lowest BCUT2D eigenvalue weighted by Gasteiger charge is -2.03. The van der Waals surface area contributed by atoms with Gasteiger partial charge in [-0.1, -0.05) is 37.6 Å². The molecule has 0 fully saturated rings. The van der Waals surface area contributed by atoms with Crippen LogP contribution in [0.25, 0.3) is 0 Å². The molecule has 0 bridgehead atoms. The first kappa shape index (κ1) is 12.8. The minimum absolute atomic E-state index is 0.286. The quantitative estimate of drug-likeness (QED) is 0.715. The summed E-state index contributed by atoms with van der Waals surface area (Å²) in [5.74, 6) is -0.696. The summed E-state index contributed by atoms with van der Waals surface area (Å²) in [5.41, 5.74) is 2.70. The zero-order chi connectivity index (χ0) is 11.8.